The van der Waals surface area contributed by atoms with E-state index >= 15 is 0 Å². The molecule has 0 bridgehead atoms. The average molecular weight is 166 g/mol. The summed E-state index contributed by atoms with van der Waals surface area (Å²) in [6, 6.07) is 0.792. The Morgan fingerprint density at radius 1 is 1.55 bits per heavy atom. The molecule has 0 saturated heterocycles. The highest BCUT2D eigenvalue weighted by Gasteiger charge is 2.34. The number of hydrogen-bond donors (Lipinski definition) is 1. The van der Waals surface area contributed by atoms with E-state index in [1.54, 1.807) is 0 Å². The smallest absolute Gasteiger partial charge is 0.357 e. The lowest BCUT2D eigenvalue weighted by atomic mass is 10.4. The molecule has 0 amide bonds. The third-order valence-corrected chi connectivity index (χ3v) is 1.05. The molecule has 0 unspecified atom stereocenters. The molecule has 0 aromatic carbocycles. The fourth-order valence-electron chi connectivity index (χ4n) is 0.527. The molecule has 1 rings (SSSR count). The first-order valence-electron chi connectivity index (χ1n) is 2.75. The molecule has 62 valence electrons. The molecule has 0 fully saturated rings. The Kier molecular flexibility index (Phi) is 1.76. The Labute approximate surface area is 60.2 Å². The van der Waals surface area contributed by atoms with Crippen molar-refractivity contribution in [2.75, 3.05) is 12.4 Å². The lowest BCUT2D eigenvalue weighted by molar-refractivity contribution is -0.142. The summed E-state index contributed by atoms with van der Waals surface area (Å²) in [6.07, 6.45) is -4.43. The van der Waals surface area contributed by atoms with Crippen LogP contribution in [0.2, 0.25) is 0 Å². The van der Waals surface area contributed by atoms with Gasteiger partial charge in [0.25, 0.3) is 0 Å². The Morgan fingerprint density at radius 2 is 2.18 bits per heavy atom. The maximum absolute atomic E-state index is 11.8. The van der Waals surface area contributed by atoms with Gasteiger partial charge in [-0.2, -0.15) is 13.2 Å². The molecule has 3 nitrogen and oxygen atoms in total. The number of hydrogen-bond acceptors (Lipinski definition) is 3. The van der Waals surface area contributed by atoms with E-state index < -0.39 is 11.9 Å². The fraction of sp³-hybridized carbons (Fsp3) is 0.400. The lowest BCUT2D eigenvalue weighted by Crippen LogP contribution is -2.04. The van der Waals surface area contributed by atoms with Gasteiger partial charge in [-0.05, 0) is 0 Å². The molecule has 0 saturated carbocycles. The van der Waals surface area contributed by atoms with E-state index in [1.165, 1.54) is 7.05 Å². The van der Waals surface area contributed by atoms with Crippen molar-refractivity contribution in [2.24, 2.45) is 0 Å². The van der Waals surface area contributed by atoms with Gasteiger partial charge < -0.3 is 9.84 Å². The highest BCUT2D eigenvalue weighted by molar-refractivity contribution is 5.31. The summed E-state index contributed by atoms with van der Waals surface area (Å²) >= 11 is 0. The van der Waals surface area contributed by atoms with Gasteiger partial charge in [-0.25, -0.2) is 0 Å². The Bertz CT molecular complexity index is 242. The lowest BCUT2D eigenvalue weighted by Gasteiger charge is -1.97. The number of aromatic nitrogens is 1. The summed E-state index contributed by atoms with van der Waals surface area (Å²) in [6.45, 7) is 0. The zero-order valence-electron chi connectivity index (χ0n) is 5.57. The van der Waals surface area contributed by atoms with Crippen molar-refractivity contribution in [3.05, 3.63) is 11.8 Å². The second-order valence-electron chi connectivity index (χ2n) is 1.82. The van der Waals surface area contributed by atoms with Crippen molar-refractivity contribution in [1.82, 2.24) is 5.16 Å². The van der Waals surface area contributed by atoms with Crippen LogP contribution in [0.25, 0.3) is 0 Å². The monoisotopic (exact) mass is 166 g/mol. The zero-order valence-corrected chi connectivity index (χ0v) is 5.57. The van der Waals surface area contributed by atoms with Gasteiger partial charge in [0.2, 0.25) is 5.88 Å². The van der Waals surface area contributed by atoms with Crippen molar-refractivity contribution < 1.29 is 17.7 Å². The molecule has 1 aromatic heterocycles. The van der Waals surface area contributed by atoms with Gasteiger partial charge in [0.15, 0.2) is 5.69 Å². The second-order valence-corrected chi connectivity index (χ2v) is 1.82. The van der Waals surface area contributed by atoms with Crippen molar-refractivity contribution in [3.63, 3.8) is 0 Å². The van der Waals surface area contributed by atoms with Crippen LogP contribution in [0.15, 0.2) is 10.6 Å². The Balaban J connectivity index is 2.89. The summed E-state index contributed by atoms with van der Waals surface area (Å²) in [4.78, 5) is 0. The van der Waals surface area contributed by atoms with E-state index in [4.69, 9.17) is 0 Å². The highest BCUT2D eigenvalue weighted by atomic mass is 19.4. The topological polar surface area (TPSA) is 38.1 Å². The van der Waals surface area contributed by atoms with Crippen molar-refractivity contribution >= 4 is 5.88 Å². The quantitative estimate of drug-likeness (QED) is 0.690. The predicted octanol–water partition coefficient (Wildman–Crippen LogP) is 1.74. The molecule has 1 aromatic rings. The molecule has 0 aliphatic heterocycles. The molecule has 0 spiro atoms. The van der Waals surface area contributed by atoms with Gasteiger partial charge in [0.1, 0.15) is 0 Å². The van der Waals surface area contributed by atoms with E-state index in [2.05, 4.69) is 15.0 Å². The molecule has 0 radical (unpaired) electrons. The summed E-state index contributed by atoms with van der Waals surface area (Å²) in [7, 11) is 1.45. The number of halogens is 3. The van der Waals surface area contributed by atoms with Gasteiger partial charge in [-0.15, -0.1) is 0 Å². The van der Waals surface area contributed by atoms with E-state index in [1.807, 2.05) is 0 Å². The predicted molar refractivity (Wildman–Crippen MR) is 31.1 cm³/mol. The minimum atomic E-state index is -4.43. The first-order valence-corrected chi connectivity index (χ1v) is 2.75. The average Bonchev–Trinajstić information content (AvgIpc) is 2.32. The van der Waals surface area contributed by atoms with E-state index in [0.717, 1.165) is 6.07 Å². The first kappa shape index (κ1) is 7.90. The first-order chi connectivity index (χ1) is 5.04. The van der Waals surface area contributed by atoms with E-state index in [-0.39, 0.29) is 5.88 Å². The minimum absolute atomic E-state index is 0.00248. The summed E-state index contributed by atoms with van der Waals surface area (Å²) in [5.74, 6) is -0.00248. The van der Waals surface area contributed by atoms with Crippen LogP contribution in [-0.4, -0.2) is 12.2 Å². The number of alkyl halides is 3. The van der Waals surface area contributed by atoms with Crippen molar-refractivity contribution in [2.45, 2.75) is 6.18 Å². The second kappa shape index (κ2) is 2.44. The molecular formula is C5H5F3N2O. The maximum Gasteiger partial charge on any atom is 0.436 e. The van der Waals surface area contributed by atoms with Crippen LogP contribution in [0.3, 0.4) is 0 Å². The highest BCUT2D eigenvalue weighted by Crippen LogP contribution is 2.29. The molecule has 1 heterocycles. The van der Waals surface area contributed by atoms with Crippen molar-refractivity contribution in [3.8, 4) is 0 Å². The largest absolute Gasteiger partial charge is 0.436 e. The van der Waals surface area contributed by atoms with E-state index in [9.17, 15) is 13.2 Å². The van der Waals surface area contributed by atoms with Crippen LogP contribution in [0.4, 0.5) is 19.1 Å². The Hall–Kier alpha value is -1.20. The SMILES string of the molecule is CNc1cc(C(F)(F)F)no1. The number of nitrogens with one attached hydrogen (secondary N) is 1. The number of anilines is 1. The zero-order chi connectivity index (χ0) is 8.48. The third kappa shape index (κ3) is 1.63. The van der Waals surface area contributed by atoms with Gasteiger partial charge in [0, 0.05) is 13.1 Å². The van der Waals surface area contributed by atoms with Crippen LogP contribution < -0.4 is 5.32 Å². The summed E-state index contributed by atoms with van der Waals surface area (Å²) in [5, 5.41) is 5.19. The van der Waals surface area contributed by atoms with E-state index in [0.29, 0.717) is 0 Å². The van der Waals surface area contributed by atoms with Crippen LogP contribution in [0.1, 0.15) is 5.69 Å². The molecule has 0 aliphatic rings. The fourth-order valence-corrected chi connectivity index (χ4v) is 0.527. The minimum Gasteiger partial charge on any atom is -0.357 e. The van der Waals surface area contributed by atoms with Crippen molar-refractivity contribution in [1.29, 1.82) is 0 Å². The molecular weight excluding hydrogens is 161 g/mol. The van der Waals surface area contributed by atoms with Gasteiger partial charge >= 0.3 is 6.18 Å². The van der Waals surface area contributed by atoms with Gasteiger partial charge in [-0.1, -0.05) is 5.16 Å². The molecule has 6 heteroatoms. The molecule has 0 aliphatic carbocycles. The Morgan fingerprint density at radius 3 is 2.45 bits per heavy atom. The standard InChI is InChI=1S/C5H5F3N2O/c1-9-4-2-3(10-11-4)5(6,7)8/h2,9H,1H3. The molecule has 11 heavy (non-hydrogen) atoms. The number of rotatable bonds is 1. The summed E-state index contributed by atoms with van der Waals surface area (Å²) in [5.41, 5.74) is -1.03. The summed E-state index contributed by atoms with van der Waals surface area (Å²) < 4.78 is 39.6. The maximum atomic E-state index is 11.8. The number of nitrogens with zero attached hydrogens (tertiary/aromatic N) is 1. The van der Waals surface area contributed by atoms with Crippen LogP contribution in [-0.2, 0) is 6.18 Å². The third-order valence-electron chi connectivity index (χ3n) is 1.05. The van der Waals surface area contributed by atoms with Crippen LogP contribution >= 0.6 is 0 Å². The van der Waals surface area contributed by atoms with Crippen LogP contribution in [0.5, 0.6) is 0 Å². The van der Waals surface area contributed by atoms with Crippen LogP contribution in [0, 0.1) is 0 Å². The van der Waals surface area contributed by atoms with Gasteiger partial charge in [0.05, 0.1) is 0 Å². The molecule has 1 N–H and O–H groups in total. The molecule has 0 atom stereocenters. The van der Waals surface area contributed by atoms with Gasteiger partial charge in [-0.3, -0.25) is 0 Å². The normalized spacial score (nSPS) is 11.6.